The minimum atomic E-state index is 0.359. The first kappa shape index (κ1) is 13.2. The summed E-state index contributed by atoms with van der Waals surface area (Å²) in [7, 11) is 0. The predicted octanol–water partition coefficient (Wildman–Crippen LogP) is 3.89. The average Bonchev–Trinajstić information content (AvgIpc) is 2.90. The van der Waals surface area contributed by atoms with Gasteiger partial charge in [-0.05, 0) is 56.2 Å². The summed E-state index contributed by atoms with van der Waals surface area (Å²) in [5.41, 5.74) is 2.79. The van der Waals surface area contributed by atoms with Crippen LogP contribution in [0.3, 0.4) is 0 Å². The number of nitrogens with zero attached hydrogens (tertiary/aromatic N) is 1. The summed E-state index contributed by atoms with van der Waals surface area (Å²) in [6, 6.07) is 12.3. The van der Waals surface area contributed by atoms with Gasteiger partial charge in [0.2, 0.25) is 0 Å². The Hall–Kier alpha value is -2.21. The van der Waals surface area contributed by atoms with Gasteiger partial charge in [0.05, 0.1) is 17.9 Å². The lowest BCUT2D eigenvalue weighted by atomic mass is 10.1. The molecule has 1 atom stereocenters. The summed E-state index contributed by atoms with van der Waals surface area (Å²) in [4.78, 5) is 0. The molecular formula is C16H18N2O. The second kappa shape index (κ2) is 6.10. The molecule has 0 fully saturated rings. The van der Waals surface area contributed by atoms with Crippen molar-refractivity contribution in [3.8, 4) is 6.07 Å². The summed E-state index contributed by atoms with van der Waals surface area (Å²) in [6.07, 6.45) is 3.64. The van der Waals surface area contributed by atoms with Gasteiger partial charge >= 0.3 is 0 Å². The molecule has 98 valence electrons. The molecule has 0 radical (unpaired) electrons. The van der Waals surface area contributed by atoms with Crippen molar-refractivity contribution < 1.29 is 4.42 Å². The van der Waals surface area contributed by atoms with Gasteiger partial charge in [0.15, 0.2) is 0 Å². The topological polar surface area (TPSA) is 49.0 Å². The molecule has 0 spiro atoms. The smallest absolute Gasteiger partial charge is 0.103 e. The van der Waals surface area contributed by atoms with Crippen LogP contribution in [-0.2, 0) is 6.42 Å². The van der Waals surface area contributed by atoms with E-state index in [9.17, 15) is 0 Å². The first-order valence-corrected chi connectivity index (χ1v) is 6.48. The fraction of sp³-hybridized carbons (Fsp3) is 0.312. The highest BCUT2D eigenvalue weighted by Crippen LogP contribution is 2.16. The van der Waals surface area contributed by atoms with Crippen molar-refractivity contribution in [1.29, 1.82) is 5.26 Å². The van der Waals surface area contributed by atoms with Gasteiger partial charge in [-0.2, -0.15) is 5.26 Å². The molecule has 1 unspecified atom stereocenters. The Bertz CT molecular complexity index is 567. The molecule has 0 saturated carbocycles. The minimum Gasteiger partial charge on any atom is -0.469 e. The molecule has 0 amide bonds. The van der Waals surface area contributed by atoms with E-state index in [-0.39, 0.29) is 0 Å². The van der Waals surface area contributed by atoms with Gasteiger partial charge in [-0.3, -0.25) is 0 Å². The van der Waals surface area contributed by atoms with Gasteiger partial charge < -0.3 is 9.73 Å². The number of rotatable bonds is 5. The number of benzene rings is 1. The standard InChI is InChI=1S/C16H18N2O/c1-12-10-15(7-6-14(12)11-17)18-13(2)5-8-16-4-3-9-19-16/h3-4,6-7,9-10,13,18H,5,8H2,1-2H3. The Kier molecular flexibility index (Phi) is 4.25. The Morgan fingerprint density at radius 2 is 2.21 bits per heavy atom. The van der Waals surface area contributed by atoms with Crippen LogP contribution in [0, 0.1) is 18.3 Å². The Labute approximate surface area is 113 Å². The van der Waals surface area contributed by atoms with Crippen LogP contribution in [-0.4, -0.2) is 6.04 Å². The summed E-state index contributed by atoms with van der Waals surface area (Å²) >= 11 is 0. The summed E-state index contributed by atoms with van der Waals surface area (Å²) in [5, 5.41) is 12.3. The quantitative estimate of drug-likeness (QED) is 0.880. The zero-order valence-corrected chi connectivity index (χ0v) is 11.3. The number of hydrogen-bond donors (Lipinski definition) is 1. The number of nitrogens with one attached hydrogen (secondary N) is 1. The highest BCUT2D eigenvalue weighted by molar-refractivity contribution is 5.52. The zero-order chi connectivity index (χ0) is 13.7. The van der Waals surface area contributed by atoms with Crippen molar-refractivity contribution in [3.63, 3.8) is 0 Å². The number of furan rings is 1. The van der Waals surface area contributed by atoms with Crippen molar-refractivity contribution in [2.24, 2.45) is 0 Å². The zero-order valence-electron chi connectivity index (χ0n) is 11.3. The molecule has 3 nitrogen and oxygen atoms in total. The third-order valence-electron chi connectivity index (χ3n) is 3.16. The van der Waals surface area contributed by atoms with Crippen LogP contribution >= 0.6 is 0 Å². The maximum absolute atomic E-state index is 8.90. The van der Waals surface area contributed by atoms with E-state index in [1.807, 2.05) is 37.3 Å². The molecule has 19 heavy (non-hydrogen) atoms. The Balaban J connectivity index is 1.90. The van der Waals surface area contributed by atoms with Gasteiger partial charge in [-0.15, -0.1) is 0 Å². The van der Waals surface area contributed by atoms with Crippen LogP contribution in [0.2, 0.25) is 0 Å². The van der Waals surface area contributed by atoms with Crippen molar-refractivity contribution in [1.82, 2.24) is 0 Å². The van der Waals surface area contributed by atoms with Crippen molar-refractivity contribution in [2.75, 3.05) is 5.32 Å². The molecule has 0 saturated heterocycles. The average molecular weight is 254 g/mol. The van der Waals surface area contributed by atoms with Gasteiger partial charge in [0.25, 0.3) is 0 Å². The van der Waals surface area contributed by atoms with Crippen LogP contribution in [0.4, 0.5) is 5.69 Å². The van der Waals surface area contributed by atoms with Crippen molar-refractivity contribution in [3.05, 3.63) is 53.5 Å². The molecule has 1 N–H and O–H groups in total. The highest BCUT2D eigenvalue weighted by atomic mass is 16.3. The molecule has 0 aliphatic rings. The molecule has 2 rings (SSSR count). The van der Waals surface area contributed by atoms with Gasteiger partial charge in [0, 0.05) is 18.2 Å². The summed E-state index contributed by atoms with van der Waals surface area (Å²) < 4.78 is 5.32. The van der Waals surface area contributed by atoms with Crippen LogP contribution in [0.15, 0.2) is 41.0 Å². The fourth-order valence-electron chi connectivity index (χ4n) is 2.05. The fourth-order valence-corrected chi connectivity index (χ4v) is 2.05. The van der Waals surface area contributed by atoms with E-state index in [4.69, 9.17) is 9.68 Å². The first-order valence-electron chi connectivity index (χ1n) is 6.48. The normalized spacial score (nSPS) is 11.8. The van der Waals surface area contributed by atoms with Gasteiger partial charge in [-0.25, -0.2) is 0 Å². The van der Waals surface area contributed by atoms with E-state index < -0.39 is 0 Å². The van der Waals surface area contributed by atoms with E-state index in [1.54, 1.807) is 6.26 Å². The van der Waals surface area contributed by atoms with E-state index in [1.165, 1.54) is 0 Å². The molecule has 0 aliphatic carbocycles. The maximum Gasteiger partial charge on any atom is 0.103 e. The molecule has 1 aromatic carbocycles. The SMILES string of the molecule is Cc1cc(NC(C)CCc2ccco2)ccc1C#N. The number of anilines is 1. The lowest BCUT2D eigenvalue weighted by Crippen LogP contribution is -2.16. The molecule has 3 heteroatoms. The third kappa shape index (κ3) is 3.62. The van der Waals surface area contributed by atoms with Crippen LogP contribution in [0.25, 0.3) is 0 Å². The van der Waals surface area contributed by atoms with Gasteiger partial charge in [0.1, 0.15) is 5.76 Å². The summed E-state index contributed by atoms with van der Waals surface area (Å²) in [5.74, 6) is 1.02. The monoisotopic (exact) mass is 254 g/mol. The first-order chi connectivity index (χ1) is 9.19. The molecular weight excluding hydrogens is 236 g/mol. The summed E-state index contributed by atoms with van der Waals surface area (Å²) in [6.45, 7) is 4.10. The van der Waals surface area contributed by atoms with Crippen molar-refractivity contribution in [2.45, 2.75) is 32.7 Å². The predicted molar refractivity (Wildman–Crippen MR) is 76.0 cm³/mol. The van der Waals surface area contributed by atoms with Crippen LogP contribution < -0.4 is 5.32 Å². The van der Waals surface area contributed by atoms with E-state index in [2.05, 4.69) is 18.3 Å². The Morgan fingerprint density at radius 3 is 2.84 bits per heavy atom. The Morgan fingerprint density at radius 1 is 1.37 bits per heavy atom. The second-order valence-corrected chi connectivity index (χ2v) is 4.80. The molecule has 1 heterocycles. The lowest BCUT2D eigenvalue weighted by molar-refractivity contribution is 0.495. The van der Waals surface area contributed by atoms with E-state index in [0.717, 1.165) is 35.4 Å². The highest BCUT2D eigenvalue weighted by Gasteiger charge is 2.05. The maximum atomic E-state index is 8.90. The number of aryl methyl sites for hydroxylation is 2. The second-order valence-electron chi connectivity index (χ2n) is 4.80. The van der Waals surface area contributed by atoms with Crippen LogP contribution in [0.1, 0.15) is 30.2 Å². The molecule has 2 aromatic rings. The van der Waals surface area contributed by atoms with E-state index >= 15 is 0 Å². The van der Waals surface area contributed by atoms with Crippen molar-refractivity contribution >= 4 is 5.69 Å². The molecule has 0 bridgehead atoms. The lowest BCUT2D eigenvalue weighted by Gasteiger charge is -2.15. The minimum absolute atomic E-state index is 0.359. The van der Waals surface area contributed by atoms with Gasteiger partial charge in [-0.1, -0.05) is 0 Å². The third-order valence-corrected chi connectivity index (χ3v) is 3.16. The molecule has 0 aliphatic heterocycles. The number of nitriles is 1. The largest absolute Gasteiger partial charge is 0.469 e. The van der Waals surface area contributed by atoms with E-state index in [0.29, 0.717) is 6.04 Å². The van der Waals surface area contributed by atoms with Crippen LogP contribution in [0.5, 0.6) is 0 Å². The molecule has 1 aromatic heterocycles. The number of hydrogen-bond acceptors (Lipinski definition) is 3.